The van der Waals surface area contributed by atoms with Crippen molar-refractivity contribution in [2.45, 2.75) is 57.5 Å². The van der Waals surface area contributed by atoms with Crippen LogP contribution in [-0.2, 0) is 24.3 Å². The zero-order valence-electron chi connectivity index (χ0n) is 26.6. The van der Waals surface area contributed by atoms with Gasteiger partial charge in [-0.15, -0.1) is 0 Å². The molecule has 0 spiro atoms. The molecule has 0 bridgehead atoms. The van der Waals surface area contributed by atoms with Crippen molar-refractivity contribution in [1.29, 1.82) is 0 Å². The van der Waals surface area contributed by atoms with Crippen LogP contribution in [0.3, 0.4) is 0 Å². The van der Waals surface area contributed by atoms with Gasteiger partial charge in [0.05, 0.1) is 23.1 Å². The van der Waals surface area contributed by atoms with E-state index in [2.05, 4.69) is 60.5 Å². The number of nitrogens with zero attached hydrogens (tertiary/aromatic N) is 1. The van der Waals surface area contributed by atoms with E-state index in [0.717, 1.165) is 22.6 Å². The Bertz CT molecular complexity index is 1340. The molecule has 0 aliphatic carbocycles. The Morgan fingerprint density at radius 1 is 1.00 bits per heavy atom. The summed E-state index contributed by atoms with van der Waals surface area (Å²) >= 11 is 9.36. The molecule has 44 heavy (non-hydrogen) atoms. The van der Waals surface area contributed by atoms with E-state index in [4.69, 9.17) is 30.5 Å². The van der Waals surface area contributed by atoms with Crippen molar-refractivity contribution in [1.82, 2.24) is 5.32 Å². The van der Waals surface area contributed by atoms with E-state index in [1.54, 1.807) is 30.3 Å². The van der Waals surface area contributed by atoms with E-state index in [0.29, 0.717) is 34.0 Å². The van der Waals surface area contributed by atoms with Crippen LogP contribution in [0.25, 0.3) is 0 Å². The number of anilines is 1. The Morgan fingerprint density at radius 3 is 2.23 bits per heavy atom. The van der Waals surface area contributed by atoms with Crippen molar-refractivity contribution >= 4 is 65.3 Å². The first-order valence-corrected chi connectivity index (χ1v) is 24.7. The van der Waals surface area contributed by atoms with Crippen LogP contribution in [0.4, 0.5) is 5.69 Å². The van der Waals surface area contributed by atoms with Crippen LogP contribution in [0.2, 0.25) is 56.4 Å². The molecule has 248 valence electrons. The molecule has 0 unspecified atom stereocenters. The van der Waals surface area contributed by atoms with Gasteiger partial charge in [0.25, 0.3) is 5.91 Å². The number of nitrogens with one attached hydrogen (secondary N) is 1. The highest BCUT2D eigenvalue weighted by atomic mass is 79.9. The van der Waals surface area contributed by atoms with Gasteiger partial charge in [0.2, 0.25) is 10.0 Å². The monoisotopic (exact) mass is 752 g/mol. The van der Waals surface area contributed by atoms with Crippen molar-refractivity contribution in [2.75, 3.05) is 50.5 Å². The summed E-state index contributed by atoms with van der Waals surface area (Å²) in [6.07, 6.45) is -0.0542. The van der Waals surface area contributed by atoms with Gasteiger partial charge in [-0.2, -0.15) is 0 Å². The third-order valence-corrected chi connectivity index (χ3v) is 12.0. The fourth-order valence-corrected chi connectivity index (χ4v) is 6.26. The maximum absolute atomic E-state index is 12.9. The molecule has 1 atom stereocenters. The van der Waals surface area contributed by atoms with Crippen molar-refractivity contribution in [3.8, 4) is 11.5 Å². The molecule has 0 heterocycles. The number of hydrogen-bond acceptors (Lipinski definition) is 8. The van der Waals surface area contributed by atoms with Gasteiger partial charge in [0, 0.05) is 40.4 Å². The molecule has 2 aromatic rings. The van der Waals surface area contributed by atoms with Gasteiger partial charge in [-0.3, -0.25) is 4.79 Å². The predicted molar refractivity (Wildman–Crippen MR) is 185 cm³/mol. The van der Waals surface area contributed by atoms with Crippen molar-refractivity contribution in [3.63, 3.8) is 0 Å². The van der Waals surface area contributed by atoms with Crippen LogP contribution in [0.1, 0.15) is 11.7 Å². The largest absolute Gasteiger partial charge is 0.484 e. The zero-order chi connectivity index (χ0) is 33.1. The van der Waals surface area contributed by atoms with Crippen LogP contribution < -0.4 is 19.1 Å². The topological polar surface area (TPSA) is 124 Å². The Morgan fingerprint density at radius 2 is 1.64 bits per heavy atom. The number of aliphatic hydroxyl groups excluding tert-OH is 1. The fraction of sp³-hybridized carbons (Fsp3) is 0.552. The normalized spacial score (nSPS) is 13.0. The summed E-state index contributed by atoms with van der Waals surface area (Å²) in [6.45, 7) is 13.7. The van der Waals surface area contributed by atoms with Crippen molar-refractivity contribution < 1.29 is 37.3 Å². The lowest BCUT2D eigenvalue weighted by atomic mass is 10.1. The number of ether oxygens (including phenoxy) is 4. The number of carbonyl (C=O) groups excluding carboxylic acids is 1. The minimum Gasteiger partial charge on any atom is -0.484 e. The molecule has 0 aromatic heterocycles. The molecule has 0 aliphatic rings. The molecule has 2 rings (SSSR count). The van der Waals surface area contributed by atoms with E-state index in [1.165, 1.54) is 6.07 Å². The molecule has 0 radical (unpaired) electrons. The summed E-state index contributed by atoms with van der Waals surface area (Å²) in [5.41, 5.74) is 0.580. The van der Waals surface area contributed by atoms with Crippen LogP contribution in [0.15, 0.2) is 40.9 Å². The number of rotatable bonds is 19. The second-order valence-corrected chi connectivity index (χ2v) is 27.3. The average Bonchev–Trinajstić information content (AvgIpc) is 2.90. The molecule has 0 aliphatic heterocycles. The molecule has 2 aromatic carbocycles. The minimum atomic E-state index is -3.79. The predicted octanol–water partition coefficient (Wildman–Crippen LogP) is 6.10. The standard InChI is InChI=1S/C29H46BrClN2O8SSi2/c1-42(36,37)33(20-38-12-14-43(2,3)4)26-16-22(8-11-28(26)41-21-39-13-15-44(5,6)7)27(34)18-32-29(35)19-40-23-9-10-24(30)25(31)17-23/h8-11,16-17,27,34H,12-15,18-21H2,1-7H3,(H,32,35)/t27-/m0/s1. The number of amides is 1. The molecule has 0 fully saturated rings. The fourth-order valence-electron chi connectivity index (χ4n) is 3.57. The van der Waals surface area contributed by atoms with E-state index in [1.807, 2.05) is 0 Å². The lowest BCUT2D eigenvalue weighted by Gasteiger charge is -2.26. The Kier molecular flexibility index (Phi) is 15.2. The maximum Gasteiger partial charge on any atom is 0.258 e. The van der Waals surface area contributed by atoms with Gasteiger partial charge in [0.1, 0.15) is 18.2 Å². The average molecular weight is 754 g/mol. The highest BCUT2D eigenvalue weighted by Gasteiger charge is 2.24. The molecular formula is C29H46BrClN2O8SSi2. The minimum absolute atomic E-state index is 0.0624. The quantitative estimate of drug-likeness (QED) is 0.100. The van der Waals surface area contributed by atoms with Gasteiger partial charge in [-0.25, -0.2) is 12.7 Å². The van der Waals surface area contributed by atoms with Crippen LogP contribution in [-0.4, -0.2) is 81.7 Å². The van der Waals surface area contributed by atoms with E-state index < -0.39 is 38.2 Å². The van der Waals surface area contributed by atoms with Gasteiger partial charge < -0.3 is 29.4 Å². The van der Waals surface area contributed by atoms with Gasteiger partial charge in [0.15, 0.2) is 13.4 Å². The number of aliphatic hydroxyl groups is 1. The second kappa shape index (κ2) is 17.3. The zero-order valence-corrected chi connectivity index (χ0v) is 31.8. The summed E-state index contributed by atoms with van der Waals surface area (Å²) in [6, 6.07) is 11.5. The molecule has 1 amide bonds. The Labute approximate surface area is 277 Å². The Hall–Kier alpha value is -1.66. The summed E-state index contributed by atoms with van der Waals surface area (Å²) in [4.78, 5) is 12.4. The van der Waals surface area contributed by atoms with Crippen LogP contribution >= 0.6 is 27.5 Å². The van der Waals surface area contributed by atoms with Crippen molar-refractivity contribution in [2.24, 2.45) is 0 Å². The number of hydrogen-bond donors (Lipinski definition) is 2. The van der Waals surface area contributed by atoms with E-state index in [9.17, 15) is 18.3 Å². The van der Waals surface area contributed by atoms with Crippen molar-refractivity contribution in [3.05, 3.63) is 51.5 Å². The summed E-state index contributed by atoms with van der Waals surface area (Å²) in [5, 5.41) is 14.0. The maximum atomic E-state index is 12.9. The first-order valence-electron chi connectivity index (χ1n) is 14.3. The second-order valence-electron chi connectivity index (χ2n) is 12.9. The molecule has 15 heteroatoms. The summed E-state index contributed by atoms with van der Waals surface area (Å²) in [7, 11) is -6.48. The molecule has 2 N–H and O–H groups in total. The van der Waals surface area contributed by atoms with Gasteiger partial charge in [-0.05, 0) is 63.9 Å². The molecule has 0 saturated carbocycles. The van der Waals surface area contributed by atoms with Crippen LogP contribution in [0, 0.1) is 0 Å². The highest BCUT2D eigenvalue weighted by molar-refractivity contribution is 9.10. The first-order chi connectivity index (χ1) is 20.4. The lowest BCUT2D eigenvalue weighted by Crippen LogP contribution is -2.34. The van der Waals surface area contributed by atoms with Gasteiger partial charge >= 0.3 is 0 Å². The van der Waals surface area contributed by atoms with E-state index in [-0.39, 0.29) is 38.1 Å². The number of carbonyl (C=O) groups is 1. The smallest absolute Gasteiger partial charge is 0.258 e. The SMILES string of the molecule is C[Si](C)(C)CCOCOc1ccc([C@@H](O)CNC(=O)COc2ccc(Br)c(Cl)c2)cc1N(COCC[Si](C)(C)C)S(C)(=O)=O. The molecule has 0 saturated heterocycles. The third kappa shape index (κ3) is 14.6. The Balaban J connectivity index is 2.16. The van der Waals surface area contributed by atoms with Gasteiger partial charge in [-0.1, -0.05) is 56.9 Å². The summed E-state index contributed by atoms with van der Waals surface area (Å²) < 4.78 is 50.5. The highest BCUT2D eigenvalue weighted by Crippen LogP contribution is 2.33. The third-order valence-electron chi connectivity index (χ3n) is 6.29. The number of halogens is 2. The van der Waals surface area contributed by atoms with Crippen LogP contribution in [0.5, 0.6) is 11.5 Å². The number of sulfonamides is 1. The summed E-state index contributed by atoms with van der Waals surface area (Å²) in [5.74, 6) is 0.234. The molecular weight excluding hydrogens is 708 g/mol. The first kappa shape index (κ1) is 38.5. The van der Waals surface area contributed by atoms with E-state index >= 15 is 0 Å². The molecule has 10 nitrogen and oxygen atoms in total. The lowest BCUT2D eigenvalue weighted by molar-refractivity contribution is -0.123. The number of benzene rings is 2.